The van der Waals surface area contributed by atoms with Gasteiger partial charge in [-0.15, -0.1) is 0 Å². The molecule has 0 aliphatic heterocycles. The molecule has 2 rings (SSSR count). The molecule has 17 heavy (non-hydrogen) atoms. The van der Waals surface area contributed by atoms with Crippen LogP contribution in [-0.2, 0) is 6.42 Å². The minimum atomic E-state index is -0.493. The Morgan fingerprint density at radius 2 is 2.29 bits per heavy atom. The fraction of sp³-hybridized carbons (Fsp3) is 0.364. The quantitative estimate of drug-likeness (QED) is 0.621. The molecule has 0 saturated carbocycles. The summed E-state index contributed by atoms with van der Waals surface area (Å²) in [5, 5.41) is 10.9. The van der Waals surface area contributed by atoms with Gasteiger partial charge in [-0.05, 0) is 12.8 Å². The van der Waals surface area contributed by atoms with Crippen LogP contribution >= 0.6 is 11.6 Å². The fourth-order valence-corrected chi connectivity index (χ4v) is 1.88. The summed E-state index contributed by atoms with van der Waals surface area (Å²) in [7, 11) is 0. The zero-order chi connectivity index (χ0) is 12.4. The maximum atomic E-state index is 10.7. The summed E-state index contributed by atoms with van der Waals surface area (Å²) < 4.78 is 1.65. The van der Waals surface area contributed by atoms with Gasteiger partial charge in [-0.1, -0.05) is 24.9 Å². The van der Waals surface area contributed by atoms with Gasteiger partial charge in [0.25, 0.3) is 0 Å². The van der Waals surface area contributed by atoms with Gasteiger partial charge < -0.3 is 0 Å². The Morgan fingerprint density at radius 3 is 2.94 bits per heavy atom. The average Bonchev–Trinajstić information content (AvgIpc) is 2.66. The highest BCUT2D eigenvalue weighted by Crippen LogP contribution is 2.25. The van der Waals surface area contributed by atoms with E-state index < -0.39 is 4.92 Å². The molecule has 0 aromatic carbocycles. The van der Waals surface area contributed by atoms with Crippen molar-refractivity contribution in [2.24, 2.45) is 0 Å². The largest absolute Gasteiger partial charge is 0.304 e. The van der Waals surface area contributed by atoms with Crippen molar-refractivity contribution >= 4 is 22.9 Å². The number of aryl methyl sites for hydroxylation is 1. The van der Waals surface area contributed by atoms with Crippen molar-refractivity contribution < 1.29 is 4.92 Å². The number of rotatable bonds is 4. The molecule has 0 saturated heterocycles. The third-order valence-corrected chi connectivity index (χ3v) is 2.86. The lowest BCUT2D eigenvalue weighted by Gasteiger charge is -1.96. The predicted octanol–water partition coefficient (Wildman–Crippen LogP) is 3.24. The van der Waals surface area contributed by atoms with Crippen molar-refractivity contribution in [3.63, 3.8) is 0 Å². The minimum absolute atomic E-state index is 0.0985. The van der Waals surface area contributed by atoms with E-state index in [0.29, 0.717) is 5.65 Å². The number of fused-ring (bicyclic) bond motifs is 1. The van der Waals surface area contributed by atoms with Crippen molar-refractivity contribution in [2.45, 2.75) is 26.2 Å². The number of hydrogen-bond donors (Lipinski definition) is 0. The molecule has 0 fully saturated rings. The van der Waals surface area contributed by atoms with Crippen LogP contribution in [0.5, 0.6) is 0 Å². The summed E-state index contributed by atoms with van der Waals surface area (Å²) >= 11 is 5.82. The molecule has 0 bridgehead atoms. The van der Waals surface area contributed by atoms with Gasteiger partial charge in [-0.2, -0.15) is 0 Å². The van der Waals surface area contributed by atoms with E-state index in [4.69, 9.17) is 11.6 Å². The number of aromatic nitrogens is 2. The molecule has 0 aliphatic carbocycles. The topological polar surface area (TPSA) is 60.4 Å². The zero-order valence-electron chi connectivity index (χ0n) is 9.39. The average molecular weight is 254 g/mol. The van der Waals surface area contributed by atoms with E-state index in [-0.39, 0.29) is 10.7 Å². The standard InChI is InChI=1S/C11H12ClN3O2/c1-2-3-4-8-6-14-7-10(15(16)17)9(12)5-11(14)13-8/h5-7H,2-4H2,1H3. The first-order chi connectivity index (χ1) is 8.11. The van der Waals surface area contributed by atoms with Crippen molar-refractivity contribution in [3.8, 4) is 0 Å². The van der Waals surface area contributed by atoms with Crippen molar-refractivity contribution in [1.82, 2.24) is 9.38 Å². The molecule has 0 unspecified atom stereocenters. The summed E-state index contributed by atoms with van der Waals surface area (Å²) in [5.74, 6) is 0. The zero-order valence-corrected chi connectivity index (χ0v) is 10.1. The molecule has 0 radical (unpaired) electrons. The Hall–Kier alpha value is -1.62. The van der Waals surface area contributed by atoms with Gasteiger partial charge >= 0.3 is 5.69 Å². The van der Waals surface area contributed by atoms with Gasteiger partial charge in [0.1, 0.15) is 10.7 Å². The molecule has 0 aliphatic rings. The summed E-state index contributed by atoms with van der Waals surface area (Å²) in [6.45, 7) is 2.11. The van der Waals surface area contributed by atoms with Gasteiger partial charge in [-0.25, -0.2) is 4.98 Å². The monoisotopic (exact) mass is 253 g/mol. The van der Waals surface area contributed by atoms with Crippen LogP contribution in [-0.4, -0.2) is 14.3 Å². The van der Waals surface area contributed by atoms with E-state index in [0.717, 1.165) is 25.0 Å². The summed E-state index contributed by atoms with van der Waals surface area (Å²) in [5.41, 5.74) is 1.48. The van der Waals surface area contributed by atoms with E-state index in [1.165, 1.54) is 12.3 Å². The molecule has 0 N–H and O–H groups in total. The lowest BCUT2D eigenvalue weighted by atomic mass is 10.2. The first-order valence-corrected chi connectivity index (χ1v) is 5.81. The van der Waals surface area contributed by atoms with Gasteiger partial charge in [0.2, 0.25) is 0 Å². The molecule has 90 valence electrons. The first-order valence-electron chi connectivity index (χ1n) is 5.43. The van der Waals surface area contributed by atoms with Gasteiger partial charge in [0.15, 0.2) is 0 Å². The number of pyridine rings is 1. The summed E-state index contributed by atoms with van der Waals surface area (Å²) in [6.07, 6.45) is 6.24. The Kier molecular flexibility index (Phi) is 3.28. The molecule has 0 amide bonds. The van der Waals surface area contributed by atoms with Crippen LogP contribution in [0.25, 0.3) is 5.65 Å². The van der Waals surface area contributed by atoms with Crippen LogP contribution in [0.2, 0.25) is 5.02 Å². The number of halogens is 1. The number of hydrogen-bond acceptors (Lipinski definition) is 3. The number of imidazole rings is 1. The molecule has 0 spiro atoms. The van der Waals surface area contributed by atoms with Crippen molar-refractivity contribution in [3.05, 3.63) is 39.3 Å². The van der Waals surface area contributed by atoms with E-state index in [2.05, 4.69) is 11.9 Å². The van der Waals surface area contributed by atoms with Crippen LogP contribution < -0.4 is 0 Å². The molecular weight excluding hydrogens is 242 g/mol. The number of nitro groups is 1. The van der Waals surface area contributed by atoms with Crippen LogP contribution in [0.15, 0.2) is 18.5 Å². The second kappa shape index (κ2) is 4.71. The molecule has 0 atom stereocenters. The normalized spacial score (nSPS) is 10.9. The maximum absolute atomic E-state index is 10.7. The van der Waals surface area contributed by atoms with Crippen LogP contribution in [0, 0.1) is 10.1 Å². The fourth-order valence-electron chi connectivity index (χ4n) is 1.66. The Morgan fingerprint density at radius 1 is 1.53 bits per heavy atom. The third kappa shape index (κ3) is 2.39. The van der Waals surface area contributed by atoms with Gasteiger partial charge in [0.05, 0.1) is 16.8 Å². The number of unbranched alkanes of at least 4 members (excludes halogenated alkanes) is 1. The summed E-state index contributed by atoms with van der Waals surface area (Å²) in [4.78, 5) is 14.6. The van der Waals surface area contributed by atoms with Gasteiger partial charge in [-0.3, -0.25) is 14.5 Å². The van der Waals surface area contributed by atoms with Crippen LogP contribution in [0.1, 0.15) is 25.5 Å². The SMILES string of the molecule is CCCCc1cn2cc([N+](=O)[O-])c(Cl)cc2n1. The molecule has 6 heteroatoms. The highest BCUT2D eigenvalue weighted by Gasteiger charge is 2.14. The van der Waals surface area contributed by atoms with E-state index in [1.807, 2.05) is 6.20 Å². The second-order valence-electron chi connectivity index (χ2n) is 3.86. The second-order valence-corrected chi connectivity index (χ2v) is 4.27. The van der Waals surface area contributed by atoms with Crippen LogP contribution in [0.3, 0.4) is 0 Å². The lowest BCUT2D eigenvalue weighted by Crippen LogP contribution is -1.92. The molecule has 5 nitrogen and oxygen atoms in total. The maximum Gasteiger partial charge on any atom is 0.304 e. The van der Waals surface area contributed by atoms with E-state index in [9.17, 15) is 10.1 Å². The Balaban J connectivity index is 2.43. The van der Waals surface area contributed by atoms with E-state index in [1.54, 1.807) is 4.40 Å². The molecule has 2 aromatic rings. The predicted molar refractivity (Wildman–Crippen MR) is 65.5 cm³/mol. The highest BCUT2D eigenvalue weighted by atomic mass is 35.5. The lowest BCUT2D eigenvalue weighted by molar-refractivity contribution is -0.385. The van der Waals surface area contributed by atoms with Crippen molar-refractivity contribution in [1.29, 1.82) is 0 Å². The third-order valence-electron chi connectivity index (χ3n) is 2.56. The smallest absolute Gasteiger partial charge is 0.300 e. The molecular formula is C11H12ClN3O2. The Labute approximate surface area is 103 Å². The highest BCUT2D eigenvalue weighted by molar-refractivity contribution is 6.32. The van der Waals surface area contributed by atoms with Crippen LogP contribution in [0.4, 0.5) is 5.69 Å². The van der Waals surface area contributed by atoms with Gasteiger partial charge in [0, 0.05) is 12.3 Å². The minimum Gasteiger partial charge on any atom is -0.300 e. The first kappa shape index (κ1) is 11.9. The number of nitrogens with zero attached hydrogens (tertiary/aromatic N) is 3. The molecule has 2 heterocycles. The Bertz CT molecular complexity index is 565. The molecule has 2 aromatic heterocycles. The summed E-state index contributed by atoms with van der Waals surface area (Å²) in [6, 6.07) is 1.52. The van der Waals surface area contributed by atoms with E-state index >= 15 is 0 Å². The van der Waals surface area contributed by atoms with Crippen molar-refractivity contribution in [2.75, 3.05) is 0 Å².